The van der Waals surface area contributed by atoms with Crippen LogP contribution in [0.15, 0.2) is 54.6 Å². The van der Waals surface area contributed by atoms with E-state index in [1.807, 2.05) is 0 Å². The third-order valence-electron chi connectivity index (χ3n) is 3.84. The van der Waals surface area contributed by atoms with Gasteiger partial charge < -0.3 is 0 Å². The van der Waals surface area contributed by atoms with Crippen molar-refractivity contribution in [3.05, 3.63) is 60.2 Å². The number of hydrogen-bond donors (Lipinski definition) is 0. The predicted octanol–water partition coefficient (Wildman–Crippen LogP) is 4.96. The van der Waals surface area contributed by atoms with E-state index in [-0.39, 0.29) is 0 Å². The molecule has 0 aliphatic rings. The molecule has 0 amide bonds. The van der Waals surface area contributed by atoms with Gasteiger partial charge in [0.1, 0.15) is 0 Å². The Labute approximate surface area is 108 Å². The summed E-state index contributed by atoms with van der Waals surface area (Å²) in [6, 6.07) is 20.0. The lowest BCUT2D eigenvalue weighted by atomic mass is 9.92. The van der Waals surface area contributed by atoms with E-state index in [1.54, 1.807) is 0 Å². The van der Waals surface area contributed by atoms with Gasteiger partial charge in [-0.1, -0.05) is 54.6 Å². The predicted molar refractivity (Wildman–Crippen MR) is 83.6 cm³/mol. The number of rotatable bonds is 1. The average molecular weight is 248 g/mol. The second kappa shape index (κ2) is 3.67. The minimum absolute atomic E-state index is 1.01. The van der Waals surface area contributed by atoms with Crippen LogP contribution in [-0.2, 0) is 6.16 Å². The molecule has 4 rings (SSSR count). The van der Waals surface area contributed by atoms with Crippen LogP contribution in [0.2, 0.25) is 0 Å². The van der Waals surface area contributed by atoms with Crippen molar-refractivity contribution >= 4 is 41.6 Å². The zero-order valence-electron chi connectivity index (χ0n) is 9.98. The van der Waals surface area contributed by atoms with Gasteiger partial charge in [-0.3, -0.25) is 0 Å². The van der Waals surface area contributed by atoms with Gasteiger partial charge in [0.05, 0.1) is 0 Å². The fourth-order valence-corrected chi connectivity index (χ4v) is 3.33. The first kappa shape index (κ1) is 10.3. The SMILES string of the molecule is PCc1ccc2ccc3cccc4ccc1c2c34. The molecule has 0 aliphatic carbocycles. The molecule has 18 heavy (non-hydrogen) atoms. The highest BCUT2D eigenvalue weighted by molar-refractivity contribution is 7.15. The molecule has 0 fully saturated rings. The van der Waals surface area contributed by atoms with E-state index in [1.165, 1.54) is 37.9 Å². The zero-order valence-corrected chi connectivity index (χ0v) is 11.1. The lowest BCUT2D eigenvalue weighted by molar-refractivity contribution is 1.48. The number of hydrogen-bond acceptors (Lipinski definition) is 0. The summed E-state index contributed by atoms with van der Waals surface area (Å²) in [5, 5.41) is 8.25. The van der Waals surface area contributed by atoms with E-state index in [9.17, 15) is 0 Å². The zero-order chi connectivity index (χ0) is 12.1. The van der Waals surface area contributed by atoms with Crippen molar-refractivity contribution in [2.24, 2.45) is 0 Å². The van der Waals surface area contributed by atoms with Crippen molar-refractivity contribution in [1.82, 2.24) is 0 Å². The van der Waals surface area contributed by atoms with Crippen molar-refractivity contribution in [2.75, 3.05) is 0 Å². The van der Waals surface area contributed by atoms with Gasteiger partial charge in [0.25, 0.3) is 0 Å². The first-order valence-corrected chi connectivity index (χ1v) is 7.05. The van der Waals surface area contributed by atoms with Gasteiger partial charge in [-0.2, -0.15) is 0 Å². The molecule has 86 valence electrons. The minimum atomic E-state index is 1.01. The Hall–Kier alpha value is -1.65. The van der Waals surface area contributed by atoms with Crippen LogP contribution >= 0.6 is 9.24 Å². The topological polar surface area (TPSA) is 0 Å². The van der Waals surface area contributed by atoms with Gasteiger partial charge in [0.2, 0.25) is 0 Å². The van der Waals surface area contributed by atoms with E-state index >= 15 is 0 Å². The smallest absolute Gasteiger partial charge is 0.00239 e. The first-order valence-electron chi connectivity index (χ1n) is 6.24. The van der Waals surface area contributed by atoms with Crippen molar-refractivity contribution in [3.8, 4) is 0 Å². The second-order valence-corrected chi connectivity index (χ2v) is 5.19. The van der Waals surface area contributed by atoms with E-state index in [0.717, 1.165) is 6.16 Å². The van der Waals surface area contributed by atoms with Crippen LogP contribution in [-0.4, -0.2) is 0 Å². The molecule has 4 aromatic carbocycles. The Morgan fingerprint density at radius 3 is 2.00 bits per heavy atom. The Kier molecular flexibility index (Phi) is 2.10. The monoisotopic (exact) mass is 248 g/mol. The number of benzene rings is 4. The first-order chi connectivity index (χ1) is 8.88. The minimum Gasteiger partial charge on any atom is -0.133 e. The molecule has 0 radical (unpaired) electrons. The highest BCUT2D eigenvalue weighted by atomic mass is 31.0. The van der Waals surface area contributed by atoms with Crippen LogP contribution in [0.25, 0.3) is 32.3 Å². The summed E-state index contributed by atoms with van der Waals surface area (Å²) < 4.78 is 0. The van der Waals surface area contributed by atoms with Crippen molar-refractivity contribution in [1.29, 1.82) is 0 Å². The summed E-state index contributed by atoms with van der Waals surface area (Å²) in [5.41, 5.74) is 1.41. The Morgan fingerprint density at radius 2 is 1.28 bits per heavy atom. The molecule has 0 bridgehead atoms. The molecule has 0 nitrogen and oxygen atoms in total. The molecule has 0 saturated carbocycles. The third-order valence-corrected chi connectivity index (χ3v) is 4.28. The molecular formula is C17H13P. The maximum absolute atomic E-state index is 2.83. The van der Waals surface area contributed by atoms with Crippen LogP contribution in [0, 0.1) is 0 Å². The fourth-order valence-electron chi connectivity index (χ4n) is 2.97. The lowest BCUT2D eigenvalue weighted by Gasteiger charge is -2.12. The molecule has 4 aromatic rings. The van der Waals surface area contributed by atoms with Crippen molar-refractivity contribution in [2.45, 2.75) is 6.16 Å². The van der Waals surface area contributed by atoms with E-state index < -0.39 is 0 Å². The standard InChI is InChI=1S/C17H13P/c18-10-14-7-6-13-5-4-11-2-1-3-12-8-9-15(14)17(13)16(11)12/h1-9H,10,18H2. The van der Waals surface area contributed by atoms with E-state index in [4.69, 9.17) is 0 Å². The Bertz CT molecular complexity index is 845. The van der Waals surface area contributed by atoms with E-state index in [2.05, 4.69) is 63.8 Å². The quantitative estimate of drug-likeness (QED) is 0.330. The Balaban J connectivity index is 2.40. The van der Waals surface area contributed by atoms with Gasteiger partial charge in [-0.25, -0.2) is 0 Å². The van der Waals surface area contributed by atoms with Crippen LogP contribution in [0.3, 0.4) is 0 Å². The van der Waals surface area contributed by atoms with Gasteiger partial charge >= 0.3 is 0 Å². The van der Waals surface area contributed by atoms with Gasteiger partial charge in [0.15, 0.2) is 0 Å². The van der Waals surface area contributed by atoms with Crippen LogP contribution in [0.1, 0.15) is 5.56 Å². The molecule has 1 unspecified atom stereocenters. The van der Waals surface area contributed by atoms with Crippen molar-refractivity contribution < 1.29 is 0 Å². The summed E-state index contributed by atoms with van der Waals surface area (Å²) in [5.74, 6) is 0. The molecular weight excluding hydrogens is 235 g/mol. The van der Waals surface area contributed by atoms with Gasteiger partial charge in [-0.05, 0) is 44.0 Å². The molecule has 0 N–H and O–H groups in total. The largest absolute Gasteiger partial charge is 0.133 e. The third kappa shape index (κ3) is 1.24. The lowest BCUT2D eigenvalue weighted by Crippen LogP contribution is -1.87. The molecule has 0 saturated heterocycles. The Morgan fingerprint density at radius 1 is 0.667 bits per heavy atom. The molecule has 0 aromatic heterocycles. The summed E-state index contributed by atoms with van der Waals surface area (Å²) in [6.45, 7) is 0. The van der Waals surface area contributed by atoms with Crippen LogP contribution in [0.4, 0.5) is 0 Å². The van der Waals surface area contributed by atoms with Crippen molar-refractivity contribution in [3.63, 3.8) is 0 Å². The van der Waals surface area contributed by atoms with Gasteiger partial charge in [-0.15, -0.1) is 9.24 Å². The summed E-state index contributed by atoms with van der Waals surface area (Å²) in [4.78, 5) is 0. The van der Waals surface area contributed by atoms with Gasteiger partial charge in [0, 0.05) is 0 Å². The summed E-state index contributed by atoms with van der Waals surface area (Å²) >= 11 is 0. The molecule has 0 heterocycles. The summed E-state index contributed by atoms with van der Waals surface area (Å²) in [7, 11) is 2.83. The molecule has 0 spiro atoms. The second-order valence-electron chi connectivity index (χ2n) is 4.78. The summed E-state index contributed by atoms with van der Waals surface area (Å²) in [6.07, 6.45) is 1.01. The maximum atomic E-state index is 2.83. The maximum Gasteiger partial charge on any atom is -0.00239 e. The molecule has 1 heteroatoms. The highest BCUT2D eigenvalue weighted by Crippen LogP contribution is 2.36. The molecule has 1 atom stereocenters. The van der Waals surface area contributed by atoms with E-state index in [0.29, 0.717) is 0 Å². The normalized spacial score (nSPS) is 11.8. The average Bonchev–Trinajstić information content (AvgIpc) is 2.44. The molecule has 0 aliphatic heterocycles. The highest BCUT2D eigenvalue weighted by Gasteiger charge is 2.09. The fraction of sp³-hybridized carbons (Fsp3) is 0.0588. The van der Waals surface area contributed by atoms with Crippen LogP contribution in [0.5, 0.6) is 0 Å². The van der Waals surface area contributed by atoms with Crippen LogP contribution < -0.4 is 0 Å².